The van der Waals surface area contributed by atoms with Gasteiger partial charge in [0.25, 0.3) is 11.8 Å². The van der Waals surface area contributed by atoms with Crippen LogP contribution in [0.25, 0.3) is 0 Å². The van der Waals surface area contributed by atoms with Crippen LogP contribution in [0, 0.1) is 0 Å². The summed E-state index contributed by atoms with van der Waals surface area (Å²) in [5.41, 5.74) is 3.27. The molecule has 2 aromatic carbocycles. The normalized spacial score (nSPS) is 15.3. The van der Waals surface area contributed by atoms with Crippen molar-refractivity contribution in [3.05, 3.63) is 82.6 Å². The molecule has 1 atom stereocenters. The molecule has 4 rings (SSSR count). The molecule has 9 heteroatoms. The van der Waals surface area contributed by atoms with E-state index in [-0.39, 0.29) is 12.8 Å². The summed E-state index contributed by atoms with van der Waals surface area (Å²) in [5, 5.41) is 2.84. The highest BCUT2D eigenvalue weighted by Crippen LogP contribution is 2.27. The summed E-state index contributed by atoms with van der Waals surface area (Å²) in [5.74, 6) is -1.44. The van der Waals surface area contributed by atoms with E-state index in [2.05, 4.69) is 5.43 Å². The Morgan fingerprint density at radius 1 is 1.06 bits per heavy atom. The van der Waals surface area contributed by atoms with Crippen molar-refractivity contribution in [3.63, 3.8) is 0 Å². The van der Waals surface area contributed by atoms with Crippen molar-refractivity contribution in [2.45, 2.75) is 25.8 Å². The first-order valence-corrected chi connectivity index (χ1v) is 11.7. The van der Waals surface area contributed by atoms with E-state index in [0.717, 1.165) is 14.8 Å². The van der Waals surface area contributed by atoms with Gasteiger partial charge in [-0.15, -0.1) is 11.3 Å². The number of hydrogen-bond donors (Lipinski definition) is 1. The van der Waals surface area contributed by atoms with Gasteiger partial charge in [-0.3, -0.25) is 24.6 Å². The molecular formula is C25H23N3O5S. The molecule has 0 bridgehead atoms. The van der Waals surface area contributed by atoms with Gasteiger partial charge < -0.3 is 4.74 Å². The Morgan fingerprint density at radius 3 is 2.44 bits per heavy atom. The zero-order valence-electron chi connectivity index (χ0n) is 18.5. The minimum absolute atomic E-state index is 0.00619. The number of nitrogens with zero attached hydrogens (tertiary/aromatic N) is 2. The van der Waals surface area contributed by atoms with E-state index in [1.807, 2.05) is 18.4 Å². The maximum absolute atomic E-state index is 13.3. The molecule has 4 amide bonds. The third-order valence-corrected chi connectivity index (χ3v) is 6.15. The topological polar surface area (TPSA) is 96.0 Å². The van der Waals surface area contributed by atoms with Crippen molar-refractivity contribution in [2.75, 3.05) is 11.5 Å². The molecule has 1 fully saturated rings. The number of carbonyl (C=O) groups excluding carboxylic acids is 4. The number of rotatable bonds is 7. The number of anilines is 1. The minimum Gasteiger partial charge on any atom is -0.494 e. The second kappa shape index (κ2) is 10.3. The molecule has 2 heterocycles. The van der Waals surface area contributed by atoms with Gasteiger partial charge in [-0.1, -0.05) is 24.3 Å². The summed E-state index contributed by atoms with van der Waals surface area (Å²) in [6.45, 7) is 2.35. The van der Waals surface area contributed by atoms with Crippen LogP contribution in [0.4, 0.5) is 5.69 Å². The van der Waals surface area contributed by atoms with Crippen LogP contribution in [0.5, 0.6) is 5.75 Å². The van der Waals surface area contributed by atoms with Gasteiger partial charge in [-0.2, -0.15) is 0 Å². The van der Waals surface area contributed by atoms with Crippen LogP contribution in [0.15, 0.2) is 72.1 Å². The van der Waals surface area contributed by atoms with E-state index < -0.39 is 29.7 Å². The number of hydrazine groups is 1. The Labute approximate surface area is 200 Å². The predicted molar refractivity (Wildman–Crippen MR) is 127 cm³/mol. The Kier molecular flexibility index (Phi) is 7.03. The van der Waals surface area contributed by atoms with Crippen molar-refractivity contribution in [1.82, 2.24) is 10.4 Å². The van der Waals surface area contributed by atoms with Crippen molar-refractivity contribution in [3.8, 4) is 5.75 Å². The van der Waals surface area contributed by atoms with Gasteiger partial charge in [-0.05, 0) is 54.8 Å². The molecule has 1 aliphatic heterocycles. The Bertz CT molecular complexity index is 1180. The smallest absolute Gasteiger partial charge is 0.269 e. The molecule has 0 spiro atoms. The van der Waals surface area contributed by atoms with Crippen molar-refractivity contribution >= 4 is 40.7 Å². The monoisotopic (exact) mass is 477 g/mol. The molecule has 34 heavy (non-hydrogen) atoms. The third-order valence-electron chi connectivity index (χ3n) is 5.27. The molecule has 1 aliphatic rings. The third kappa shape index (κ3) is 4.99. The minimum atomic E-state index is -1.15. The molecule has 174 valence electrons. The van der Waals surface area contributed by atoms with Gasteiger partial charge in [0.1, 0.15) is 11.8 Å². The maximum Gasteiger partial charge on any atom is 0.269 e. The Hall–Kier alpha value is -3.98. The maximum atomic E-state index is 13.3. The first-order valence-electron chi connectivity index (χ1n) is 10.8. The quantitative estimate of drug-likeness (QED) is 0.417. The zero-order valence-corrected chi connectivity index (χ0v) is 19.3. The Morgan fingerprint density at radius 2 is 1.79 bits per heavy atom. The Balaban J connectivity index is 1.59. The molecule has 8 nitrogen and oxygen atoms in total. The predicted octanol–water partition coefficient (Wildman–Crippen LogP) is 3.20. The highest BCUT2D eigenvalue weighted by atomic mass is 32.1. The van der Waals surface area contributed by atoms with Gasteiger partial charge >= 0.3 is 0 Å². The van der Waals surface area contributed by atoms with Crippen LogP contribution in [-0.2, 0) is 20.8 Å². The highest BCUT2D eigenvalue weighted by Gasteiger charge is 2.45. The first kappa shape index (κ1) is 23.2. The molecule has 0 radical (unpaired) electrons. The fraction of sp³-hybridized carbons (Fsp3) is 0.200. The summed E-state index contributed by atoms with van der Waals surface area (Å²) in [7, 11) is 0. The molecule has 1 unspecified atom stereocenters. The van der Waals surface area contributed by atoms with Gasteiger partial charge in [0.05, 0.1) is 25.1 Å². The number of hydrogen-bond acceptors (Lipinski definition) is 6. The zero-order chi connectivity index (χ0) is 24.1. The number of carbonyl (C=O) groups is 4. The number of imide groups is 1. The second-order valence-electron chi connectivity index (χ2n) is 7.54. The van der Waals surface area contributed by atoms with E-state index >= 15 is 0 Å². The van der Waals surface area contributed by atoms with E-state index in [1.165, 1.54) is 11.3 Å². The molecule has 0 saturated carbocycles. The van der Waals surface area contributed by atoms with E-state index in [9.17, 15) is 19.2 Å². The number of ether oxygens (including phenoxy) is 1. The van der Waals surface area contributed by atoms with Crippen LogP contribution < -0.4 is 15.1 Å². The average Bonchev–Trinajstić information content (AvgIpc) is 3.46. The van der Waals surface area contributed by atoms with Gasteiger partial charge in [-0.25, -0.2) is 9.91 Å². The van der Waals surface area contributed by atoms with Gasteiger partial charge in [0, 0.05) is 10.4 Å². The summed E-state index contributed by atoms with van der Waals surface area (Å²) < 4.78 is 5.42. The fourth-order valence-electron chi connectivity index (χ4n) is 3.67. The summed E-state index contributed by atoms with van der Waals surface area (Å²) in [4.78, 5) is 54.0. The number of amides is 4. The summed E-state index contributed by atoms with van der Waals surface area (Å²) in [6.07, 6.45) is -0.245. The lowest BCUT2D eigenvalue weighted by Crippen LogP contribution is -2.55. The van der Waals surface area contributed by atoms with Crippen molar-refractivity contribution in [1.29, 1.82) is 0 Å². The summed E-state index contributed by atoms with van der Waals surface area (Å²) in [6, 6.07) is 17.4. The van der Waals surface area contributed by atoms with Crippen LogP contribution in [0.3, 0.4) is 0 Å². The van der Waals surface area contributed by atoms with Crippen LogP contribution >= 0.6 is 11.3 Å². The standard InChI is InChI=1S/C25H23N3O5S/c1-2-33-19-12-10-18(11-13-19)27-22(29)16-21(25(27)32)28(23(30)15-20-9-6-14-34-20)26-24(31)17-7-4-3-5-8-17/h3-14,21H,2,15-16H2,1H3,(H,26,31). The van der Waals surface area contributed by atoms with Gasteiger partial charge in [0.15, 0.2) is 0 Å². The van der Waals surface area contributed by atoms with Crippen molar-refractivity contribution < 1.29 is 23.9 Å². The van der Waals surface area contributed by atoms with Crippen LogP contribution in [-0.4, -0.2) is 41.3 Å². The molecule has 1 saturated heterocycles. The molecular weight excluding hydrogens is 454 g/mol. The first-order chi connectivity index (χ1) is 16.5. The van der Waals surface area contributed by atoms with Gasteiger partial charge in [0.2, 0.25) is 11.8 Å². The SMILES string of the molecule is CCOc1ccc(N2C(=O)CC(N(NC(=O)c3ccccc3)C(=O)Cc3cccs3)C2=O)cc1. The number of thiophene rings is 1. The summed E-state index contributed by atoms with van der Waals surface area (Å²) >= 11 is 1.40. The van der Waals surface area contributed by atoms with E-state index in [4.69, 9.17) is 4.74 Å². The molecule has 1 N–H and O–H groups in total. The molecule has 3 aromatic rings. The fourth-order valence-corrected chi connectivity index (χ4v) is 4.37. The van der Waals surface area contributed by atoms with E-state index in [1.54, 1.807) is 60.7 Å². The van der Waals surface area contributed by atoms with Crippen LogP contribution in [0.2, 0.25) is 0 Å². The van der Waals surface area contributed by atoms with Crippen molar-refractivity contribution in [2.24, 2.45) is 0 Å². The lowest BCUT2D eigenvalue weighted by Gasteiger charge is -2.28. The molecule has 0 aliphatic carbocycles. The largest absolute Gasteiger partial charge is 0.494 e. The molecule has 1 aromatic heterocycles. The number of benzene rings is 2. The lowest BCUT2D eigenvalue weighted by atomic mass is 10.2. The highest BCUT2D eigenvalue weighted by molar-refractivity contribution is 7.10. The van der Waals surface area contributed by atoms with E-state index in [0.29, 0.717) is 23.6 Å². The number of nitrogens with one attached hydrogen (secondary N) is 1. The lowest BCUT2D eigenvalue weighted by molar-refractivity contribution is -0.140. The van der Waals surface area contributed by atoms with Crippen LogP contribution in [0.1, 0.15) is 28.6 Å². The second-order valence-corrected chi connectivity index (χ2v) is 8.57. The average molecular weight is 478 g/mol.